The molecule has 0 spiro atoms. The van der Waals surface area contributed by atoms with Crippen LogP contribution in [0.1, 0.15) is 0 Å². The van der Waals surface area contributed by atoms with E-state index in [4.69, 9.17) is 4.74 Å². The van der Waals surface area contributed by atoms with Crippen LogP contribution in [0.5, 0.6) is 5.75 Å². The number of aromatic nitrogens is 2. The molecule has 3 nitrogen and oxygen atoms in total. The van der Waals surface area contributed by atoms with E-state index in [-0.39, 0.29) is 0 Å². The van der Waals surface area contributed by atoms with Crippen LogP contribution in [-0.4, -0.2) is 17.1 Å². The maximum Gasteiger partial charge on any atom is 0.151 e. The standard InChI is InChI=1S/C11H11N2OP/c1-14-9-4-2-5-10(8-9)15-11-12-6-3-7-13-11/h2-8,15H,1H3. The first-order chi connectivity index (χ1) is 7.38. The van der Waals surface area contributed by atoms with Crippen molar-refractivity contribution in [2.24, 2.45) is 0 Å². The van der Waals surface area contributed by atoms with Gasteiger partial charge in [0.1, 0.15) is 5.75 Å². The fourth-order valence-corrected chi connectivity index (χ4v) is 2.12. The van der Waals surface area contributed by atoms with Crippen molar-refractivity contribution in [3.8, 4) is 5.75 Å². The maximum absolute atomic E-state index is 5.16. The Balaban J connectivity index is 2.17. The Kier molecular flexibility index (Phi) is 3.25. The van der Waals surface area contributed by atoms with Crippen molar-refractivity contribution >= 4 is 19.5 Å². The van der Waals surface area contributed by atoms with Crippen LogP contribution in [0.2, 0.25) is 0 Å². The molecule has 0 aliphatic rings. The topological polar surface area (TPSA) is 35.0 Å². The summed E-state index contributed by atoms with van der Waals surface area (Å²) < 4.78 is 5.16. The highest BCUT2D eigenvalue weighted by molar-refractivity contribution is 7.54. The molecule has 1 heterocycles. The number of rotatable bonds is 3. The fraction of sp³-hybridized carbons (Fsp3) is 0.0909. The van der Waals surface area contributed by atoms with Gasteiger partial charge in [0.15, 0.2) is 5.57 Å². The average Bonchev–Trinajstić information content (AvgIpc) is 2.31. The molecule has 1 aromatic carbocycles. The monoisotopic (exact) mass is 218 g/mol. The summed E-state index contributed by atoms with van der Waals surface area (Å²) in [5.41, 5.74) is 0.853. The lowest BCUT2D eigenvalue weighted by Gasteiger charge is -2.03. The van der Waals surface area contributed by atoms with E-state index in [9.17, 15) is 0 Å². The molecule has 0 saturated heterocycles. The summed E-state index contributed by atoms with van der Waals surface area (Å²) in [6.45, 7) is 0. The fourth-order valence-electron chi connectivity index (χ4n) is 1.19. The van der Waals surface area contributed by atoms with Crippen molar-refractivity contribution in [3.63, 3.8) is 0 Å². The Bertz CT molecular complexity index is 434. The van der Waals surface area contributed by atoms with Gasteiger partial charge < -0.3 is 4.74 Å². The molecule has 1 atom stereocenters. The zero-order chi connectivity index (χ0) is 10.5. The van der Waals surface area contributed by atoms with Crippen LogP contribution in [-0.2, 0) is 0 Å². The highest BCUT2D eigenvalue weighted by Gasteiger charge is 1.99. The highest BCUT2D eigenvalue weighted by Crippen LogP contribution is 2.13. The molecule has 15 heavy (non-hydrogen) atoms. The van der Waals surface area contributed by atoms with Gasteiger partial charge in [-0.1, -0.05) is 12.1 Å². The van der Waals surface area contributed by atoms with Gasteiger partial charge in [0.2, 0.25) is 0 Å². The van der Waals surface area contributed by atoms with Gasteiger partial charge in [0, 0.05) is 12.4 Å². The number of hydrogen-bond donors (Lipinski definition) is 0. The van der Waals surface area contributed by atoms with Crippen molar-refractivity contribution in [2.75, 3.05) is 7.11 Å². The summed E-state index contributed by atoms with van der Waals surface area (Å²) in [6, 6.07) is 9.79. The second-order valence-corrected chi connectivity index (χ2v) is 4.20. The van der Waals surface area contributed by atoms with Crippen molar-refractivity contribution < 1.29 is 4.74 Å². The zero-order valence-corrected chi connectivity index (χ0v) is 9.34. The van der Waals surface area contributed by atoms with Crippen molar-refractivity contribution in [1.29, 1.82) is 0 Å². The lowest BCUT2D eigenvalue weighted by atomic mass is 10.3. The van der Waals surface area contributed by atoms with Crippen LogP contribution in [0.4, 0.5) is 0 Å². The number of hydrogen-bond acceptors (Lipinski definition) is 3. The third-order valence-corrected chi connectivity index (χ3v) is 2.97. The summed E-state index contributed by atoms with van der Waals surface area (Å²) in [7, 11) is 2.14. The van der Waals surface area contributed by atoms with Gasteiger partial charge in [-0.2, -0.15) is 0 Å². The number of methoxy groups -OCH3 is 1. The van der Waals surface area contributed by atoms with Crippen molar-refractivity contribution in [3.05, 3.63) is 42.7 Å². The van der Waals surface area contributed by atoms with E-state index in [0.29, 0.717) is 8.58 Å². The van der Waals surface area contributed by atoms with Crippen LogP contribution in [0, 0.1) is 0 Å². The SMILES string of the molecule is COc1cccc(Pc2ncccn2)c1. The van der Waals surface area contributed by atoms with Crippen LogP contribution >= 0.6 is 8.58 Å². The van der Waals surface area contributed by atoms with Gasteiger partial charge in [0.05, 0.1) is 7.11 Å². The lowest BCUT2D eigenvalue weighted by Crippen LogP contribution is -2.10. The van der Waals surface area contributed by atoms with Crippen LogP contribution in [0.25, 0.3) is 0 Å². The predicted octanol–water partition coefficient (Wildman–Crippen LogP) is 1.11. The number of nitrogens with zero attached hydrogens (tertiary/aromatic N) is 2. The van der Waals surface area contributed by atoms with Crippen LogP contribution in [0.15, 0.2) is 42.7 Å². The normalized spacial score (nSPS) is 10.7. The van der Waals surface area contributed by atoms with Gasteiger partial charge in [-0.25, -0.2) is 9.97 Å². The molecule has 0 saturated carbocycles. The molecule has 0 amide bonds. The second kappa shape index (κ2) is 4.85. The smallest absolute Gasteiger partial charge is 0.151 e. The minimum atomic E-state index is 0.474. The van der Waals surface area contributed by atoms with E-state index in [1.807, 2.05) is 24.3 Å². The Morgan fingerprint density at radius 3 is 2.67 bits per heavy atom. The Morgan fingerprint density at radius 2 is 1.93 bits per heavy atom. The number of ether oxygens (including phenoxy) is 1. The Morgan fingerprint density at radius 1 is 1.13 bits per heavy atom. The molecule has 0 aliphatic heterocycles. The van der Waals surface area contributed by atoms with E-state index in [2.05, 4.69) is 16.0 Å². The van der Waals surface area contributed by atoms with Crippen molar-refractivity contribution in [2.45, 2.75) is 0 Å². The maximum atomic E-state index is 5.16. The largest absolute Gasteiger partial charge is 0.497 e. The second-order valence-electron chi connectivity index (χ2n) is 2.93. The van der Waals surface area contributed by atoms with E-state index in [1.54, 1.807) is 19.5 Å². The minimum absolute atomic E-state index is 0.474. The predicted molar refractivity (Wildman–Crippen MR) is 62.6 cm³/mol. The summed E-state index contributed by atoms with van der Waals surface area (Å²) in [5, 5.41) is 1.18. The van der Waals surface area contributed by atoms with Gasteiger partial charge in [-0.15, -0.1) is 0 Å². The quantitative estimate of drug-likeness (QED) is 0.724. The van der Waals surface area contributed by atoms with Gasteiger partial charge in [0.25, 0.3) is 0 Å². The molecule has 1 unspecified atom stereocenters. The van der Waals surface area contributed by atoms with E-state index >= 15 is 0 Å². The first-order valence-corrected chi connectivity index (χ1v) is 5.56. The summed E-state index contributed by atoms with van der Waals surface area (Å²) in [6.07, 6.45) is 3.52. The summed E-state index contributed by atoms with van der Waals surface area (Å²) in [4.78, 5) is 8.38. The zero-order valence-electron chi connectivity index (χ0n) is 8.34. The van der Waals surface area contributed by atoms with Crippen molar-refractivity contribution in [1.82, 2.24) is 9.97 Å². The van der Waals surface area contributed by atoms with E-state index in [1.165, 1.54) is 5.30 Å². The highest BCUT2D eigenvalue weighted by atomic mass is 31.1. The van der Waals surface area contributed by atoms with Gasteiger partial charge in [-0.05, 0) is 32.1 Å². The Hall–Kier alpha value is -1.47. The number of benzene rings is 1. The van der Waals surface area contributed by atoms with Crippen LogP contribution in [0.3, 0.4) is 0 Å². The average molecular weight is 218 g/mol. The molecule has 0 bridgehead atoms. The van der Waals surface area contributed by atoms with Crippen LogP contribution < -0.4 is 15.6 Å². The summed E-state index contributed by atoms with van der Waals surface area (Å²) >= 11 is 0. The third-order valence-electron chi connectivity index (χ3n) is 1.89. The minimum Gasteiger partial charge on any atom is -0.497 e. The van der Waals surface area contributed by atoms with Gasteiger partial charge >= 0.3 is 0 Å². The molecule has 1 aromatic heterocycles. The molecular formula is C11H11N2OP. The van der Waals surface area contributed by atoms with E-state index in [0.717, 1.165) is 11.3 Å². The molecule has 4 heteroatoms. The molecule has 0 N–H and O–H groups in total. The molecule has 0 radical (unpaired) electrons. The molecular weight excluding hydrogens is 207 g/mol. The van der Waals surface area contributed by atoms with E-state index < -0.39 is 0 Å². The third kappa shape index (κ3) is 2.74. The lowest BCUT2D eigenvalue weighted by molar-refractivity contribution is 0.415. The molecule has 0 fully saturated rings. The van der Waals surface area contributed by atoms with Gasteiger partial charge in [-0.3, -0.25) is 0 Å². The first kappa shape index (κ1) is 10.1. The molecule has 2 rings (SSSR count). The molecule has 76 valence electrons. The molecule has 0 aliphatic carbocycles. The Labute approximate surface area is 90.3 Å². The summed E-state index contributed by atoms with van der Waals surface area (Å²) in [5.74, 6) is 0.871. The molecule has 2 aromatic rings. The first-order valence-electron chi connectivity index (χ1n) is 4.56.